The van der Waals surface area contributed by atoms with Crippen LogP contribution in [0.3, 0.4) is 0 Å². The minimum absolute atomic E-state index is 0.0540. The van der Waals surface area contributed by atoms with Crippen molar-refractivity contribution < 1.29 is 31.8 Å². The molecule has 1 amide bonds. The number of halogens is 4. The van der Waals surface area contributed by atoms with Gasteiger partial charge in [-0.25, -0.2) is 14.4 Å². The molecule has 0 saturated heterocycles. The third-order valence-corrected chi connectivity index (χ3v) is 4.97. The van der Waals surface area contributed by atoms with Crippen LogP contribution in [0.25, 0.3) is 0 Å². The molecule has 8 nitrogen and oxygen atoms in total. The maximum absolute atomic E-state index is 14.1. The van der Waals surface area contributed by atoms with Crippen LogP contribution in [0.15, 0.2) is 35.6 Å². The maximum atomic E-state index is 14.1. The summed E-state index contributed by atoms with van der Waals surface area (Å²) < 4.78 is 60.6. The summed E-state index contributed by atoms with van der Waals surface area (Å²) in [6, 6.07) is 4.09. The number of hydrogen-bond donors (Lipinski definition) is 2. The molecule has 0 bridgehead atoms. The fourth-order valence-corrected chi connectivity index (χ4v) is 3.14. The molecular weight excluding hydrogens is 478 g/mol. The van der Waals surface area contributed by atoms with Gasteiger partial charge in [-0.2, -0.15) is 13.2 Å². The molecule has 0 spiro atoms. The molecule has 1 aromatic carbocycles. The van der Waals surface area contributed by atoms with Gasteiger partial charge in [0.1, 0.15) is 11.5 Å². The van der Waals surface area contributed by atoms with Gasteiger partial charge < -0.3 is 20.5 Å². The van der Waals surface area contributed by atoms with Gasteiger partial charge >= 0.3 is 6.18 Å². The lowest BCUT2D eigenvalue weighted by Crippen LogP contribution is -2.31. The first-order chi connectivity index (χ1) is 15.9. The monoisotopic (exact) mass is 505 g/mol. The van der Waals surface area contributed by atoms with Crippen LogP contribution in [0.1, 0.15) is 29.9 Å². The first-order valence-corrected chi connectivity index (χ1v) is 10.7. The van der Waals surface area contributed by atoms with Gasteiger partial charge in [-0.05, 0) is 37.1 Å². The lowest BCUT2D eigenvalue weighted by molar-refractivity contribution is -0.190. The second-order valence-electron chi connectivity index (χ2n) is 6.90. The molecule has 1 heterocycles. The van der Waals surface area contributed by atoms with E-state index in [2.05, 4.69) is 29.8 Å². The molecule has 188 valence electrons. The third kappa shape index (κ3) is 9.91. The van der Waals surface area contributed by atoms with Crippen molar-refractivity contribution in [2.24, 2.45) is 10.7 Å². The van der Waals surface area contributed by atoms with Gasteiger partial charge in [-0.15, -0.1) is 0 Å². The molecule has 13 heteroatoms. The van der Waals surface area contributed by atoms with Crippen LogP contribution < -0.4 is 15.8 Å². The number of carbonyl (C=O) groups excluding carboxylic acids is 1. The van der Waals surface area contributed by atoms with E-state index >= 15 is 0 Å². The van der Waals surface area contributed by atoms with Crippen molar-refractivity contribution in [2.75, 3.05) is 26.6 Å². The summed E-state index contributed by atoms with van der Waals surface area (Å²) in [6.45, 7) is 2.70. The van der Waals surface area contributed by atoms with Crippen molar-refractivity contribution in [3.63, 3.8) is 0 Å². The molecule has 1 aromatic heterocycles. The SMILES string of the molecule is CN=C(N)SC(C)Cc1cc(NC(=O)c2cnc(OC(C)C(F)(F)F)cn2)ccc1F.COC. The average Bonchev–Trinajstić information content (AvgIpc) is 2.76. The van der Waals surface area contributed by atoms with Crippen LogP contribution in [0.4, 0.5) is 23.2 Å². The highest BCUT2D eigenvalue weighted by Gasteiger charge is 2.38. The number of methoxy groups -OCH3 is 1. The van der Waals surface area contributed by atoms with Crippen LogP contribution in [0.5, 0.6) is 5.88 Å². The van der Waals surface area contributed by atoms with Gasteiger partial charge in [0, 0.05) is 32.2 Å². The molecule has 34 heavy (non-hydrogen) atoms. The molecule has 2 aromatic rings. The first-order valence-electron chi connectivity index (χ1n) is 9.85. The van der Waals surface area contributed by atoms with Crippen LogP contribution in [0.2, 0.25) is 0 Å². The van der Waals surface area contributed by atoms with Crippen molar-refractivity contribution in [1.82, 2.24) is 9.97 Å². The Morgan fingerprint density at radius 3 is 2.41 bits per heavy atom. The molecule has 0 aliphatic heterocycles. The minimum Gasteiger partial charge on any atom is -0.464 e. The van der Waals surface area contributed by atoms with E-state index in [0.29, 0.717) is 22.8 Å². The molecule has 0 radical (unpaired) electrons. The van der Waals surface area contributed by atoms with Gasteiger partial charge in [-0.3, -0.25) is 9.79 Å². The Kier molecular flexibility index (Phi) is 11.7. The van der Waals surface area contributed by atoms with Crippen molar-refractivity contribution in [3.05, 3.63) is 47.7 Å². The number of nitrogens with zero attached hydrogens (tertiary/aromatic N) is 3. The quantitative estimate of drug-likeness (QED) is 0.331. The summed E-state index contributed by atoms with van der Waals surface area (Å²) in [5.74, 6) is -1.46. The standard InChI is InChI=1S/C19H21F4N5O2S.C2H6O/c1-10(31-18(24)25-3)6-12-7-13(4-5-14(12)20)28-17(29)15-8-27-16(9-26-15)30-11(2)19(21,22)23;1-3-2/h4-5,7-11H,6H2,1-3H3,(H2,24,25)(H,28,29);1-2H3. The summed E-state index contributed by atoms with van der Waals surface area (Å²) in [4.78, 5) is 23.6. The fourth-order valence-electron chi connectivity index (χ4n) is 2.36. The van der Waals surface area contributed by atoms with E-state index in [-0.39, 0.29) is 16.8 Å². The number of amidine groups is 1. The number of anilines is 1. The second-order valence-corrected chi connectivity index (χ2v) is 8.36. The van der Waals surface area contributed by atoms with Crippen molar-refractivity contribution in [1.29, 1.82) is 0 Å². The molecule has 0 aliphatic rings. The highest BCUT2D eigenvalue weighted by atomic mass is 32.2. The van der Waals surface area contributed by atoms with Gasteiger partial charge in [0.2, 0.25) is 5.88 Å². The lowest BCUT2D eigenvalue weighted by atomic mass is 10.1. The predicted octanol–water partition coefficient (Wildman–Crippen LogP) is 4.07. The fraction of sp³-hybridized carbons (Fsp3) is 0.429. The van der Waals surface area contributed by atoms with E-state index in [1.165, 1.54) is 30.0 Å². The van der Waals surface area contributed by atoms with Crippen LogP contribution in [-0.2, 0) is 11.2 Å². The van der Waals surface area contributed by atoms with E-state index in [1.807, 2.05) is 6.92 Å². The van der Waals surface area contributed by atoms with E-state index in [1.54, 1.807) is 21.3 Å². The second kappa shape index (κ2) is 13.7. The lowest BCUT2D eigenvalue weighted by Gasteiger charge is -2.16. The van der Waals surface area contributed by atoms with Crippen LogP contribution in [0, 0.1) is 5.82 Å². The largest absolute Gasteiger partial charge is 0.464 e. The molecule has 0 aliphatic carbocycles. The molecule has 0 fully saturated rings. The first kappa shape index (κ1) is 29.1. The van der Waals surface area contributed by atoms with E-state index in [9.17, 15) is 22.4 Å². The number of benzene rings is 1. The number of alkyl halides is 3. The van der Waals surface area contributed by atoms with Crippen LogP contribution in [-0.4, -0.2) is 59.8 Å². The average molecular weight is 506 g/mol. The number of nitrogens with one attached hydrogen (secondary N) is 1. The Morgan fingerprint density at radius 2 is 1.88 bits per heavy atom. The number of aromatic nitrogens is 2. The Bertz CT molecular complexity index is 958. The molecule has 2 unspecified atom stereocenters. The van der Waals surface area contributed by atoms with Gasteiger partial charge in [-0.1, -0.05) is 18.7 Å². The Morgan fingerprint density at radius 1 is 1.24 bits per heavy atom. The Labute approximate surface area is 199 Å². The van der Waals surface area contributed by atoms with Crippen molar-refractivity contribution in [3.8, 4) is 5.88 Å². The molecule has 0 saturated carbocycles. The predicted molar refractivity (Wildman–Crippen MR) is 124 cm³/mol. The van der Waals surface area contributed by atoms with E-state index in [4.69, 9.17) is 5.73 Å². The number of thioether (sulfide) groups is 1. The van der Waals surface area contributed by atoms with Crippen LogP contribution >= 0.6 is 11.8 Å². The number of carbonyl (C=O) groups is 1. The molecule has 2 rings (SSSR count). The normalized spacial score (nSPS) is 13.4. The third-order valence-electron chi connectivity index (χ3n) is 3.97. The highest BCUT2D eigenvalue weighted by molar-refractivity contribution is 8.14. The summed E-state index contributed by atoms with van der Waals surface area (Å²) in [7, 11) is 4.81. The summed E-state index contributed by atoms with van der Waals surface area (Å²) in [5.41, 5.74) is 6.22. The summed E-state index contributed by atoms with van der Waals surface area (Å²) in [5, 5.41) is 2.88. The number of hydrogen-bond acceptors (Lipinski definition) is 7. The zero-order chi connectivity index (χ0) is 25.9. The van der Waals surface area contributed by atoms with Crippen molar-refractivity contribution in [2.45, 2.75) is 37.8 Å². The number of nitrogens with two attached hydrogens (primary N) is 1. The Hall–Kier alpha value is -2.93. The highest BCUT2D eigenvalue weighted by Crippen LogP contribution is 2.24. The number of ether oxygens (including phenoxy) is 2. The smallest absolute Gasteiger partial charge is 0.425 e. The zero-order valence-electron chi connectivity index (χ0n) is 19.3. The number of amides is 1. The maximum Gasteiger partial charge on any atom is 0.425 e. The number of aliphatic imine (C=N–C) groups is 1. The van der Waals surface area contributed by atoms with Gasteiger partial charge in [0.05, 0.1) is 12.4 Å². The minimum atomic E-state index is -4.55. The topological polar surface area (TPSA) is 112 Å². The van der Waals surface area contributed by atoms with E-state index in [0.717, 1.165) is 19.3 Å². The molecular formula is C21H27F4N5O3S. The molecule has 3 N–H and O–H groups in total. The summed E-state index contributed by atoms with van der Waals surface area (Å²) >= 11 is 1.30. The van der Waals surface area contributed by atoms with Gasteiger partial charge in [0.15, 0.2) is 11.3 Å². The Balaban J connectivity index is 0.00000182. The van der Waals surface area contributed by atoms with Crippen molar-refractivity contribution >= 4 is 28.5 Å². The zero-order valence-corrected chi connectivity index (χ0v) is 20.1. The number of rotatable bonds is 7. The molecule has 2 atom stereocenters. The van der Waals surface area contributed by atoms with E-state index < -0.39 is 24.0 Å². The van der Waals surface area contributed by atoms with Gasteiger partial charge in [0.25, 0.3) is 5.91 Å². The summed E-state index contributed by atoms with van der Waals surface area (Å²) in [6.07, 6.45) is -4.36.